The molecule has 3 saturated heterocycles. The second-order valence-corrected chi connectivity index (χ2v) is 39.8. The van der Waals surface area contributed by atoms with Gasteiger partial charge in [-0.05, 0) is 147 Å². The van der Waals surface area contributed by atoms with E-state index >= 15 is 0 Å². The number of quaternary nitrogens is 1. The number of hydrogen-bond donors (Lipinski definition) is 5. The zero-order valence-electron chi connectivity index (χ0n) is 78.9. The number of benzene rings is 3. The summed E-state index contributed by atoms with van der Waals surface area (Å²) in [5.74, 6) is 5.04. The molecule has 0 aliphatic carbocycles. The Morgan fingerprint density at radius 1 is 0.570 bits per heavy atom. The van der Waals surface area contributed by atoms with Gasteiger partial charge in [0, 0.05) is 110 Å². The van der Waals surface area contributed by atoms with E-state index in [9.17, 15) is 37.6 Å². The lowest BCUT2D eigenvalue weighted by Crippen LogP contribution is -2.39. The molecule has 128 heavy (non-hydrogen) atoms. The number of phosphoric acid groups is 1. The minimum atomic E-state index is -4.34. The topological polar surface area (TPSA) is 426 Å². The Morgan fingerprint density at radius 2 is 1.02 bits per heavy atom. The van der Waals surface area contributed by atoms with Crippen LogP contribution in [0.3, 0.4) is 0 Å². The van der Waals surface area contributed by atoms with Crippen molar-refractivity contribution in [3.8, 4) is 22.6 Å². The van der Waals surface area contributed by atoms with E-state index in [-0.39, 0.29) is 84.2 Å². The number of amides is 4. The Kier molecular flexibility index (Phi) is 45.6. The molecule has 4 atom stereocenters. The quantitative estimate of drug-likeness (QED) is 0.00591. The molecule has 3 aliphatic heterocycles. The SMILES string of the molecule is C=S1(=O)CCN(Cc2cn(CCOCCNC(=O)C(C)(C)CC)nn2)CC1.CCC(C)(C)C(=O)NCCOCCn1cc(-c2ccc(N)cc2)nn1.CCC(C)(C)C(=O)NCc1ccc(-n2cc(COC3CCCCO3)nn2)cc1.CCC(C)(C)C(=O)OCCOP(=O)([O-])OCC[N+](C)(C)C.CCC(C)C(=O)NCc1ccc(-n2cc(COC3CCCCO3)nn2)cc1. The van der Waals surface area contributed by atoms with E-state index < -0.39 is 22.8 Å². The Bertz CT molecular complexity index is 4560. The van der Waals surface area contributed by atoms with Crippen molar-refractivity contribution in [1.29, 1.82) is 0 Å². The average Bonchev–Trinajstić information content (AvgIpc) is 1.66. The highest BCUT2D eigenvalue weighted by Crippen LogP contribution is 2.38. The molecule has 4 amide bonds. The van der Waals surface area contributed by atoms with Crippen molar-refractivity contribution < 1.29 is 84.3 Å². The zero-order chi connectivity index (χ0) is 94.0. The maximum atomic E-state index is 12.2. The largest absolute Gasteiger partial charge is 0.756 e. The van der Waals surface area contributed by atoms with Gasteiger partial charge in [-0.2, -0.15) is 0 Å². The monoisotopic (exact) mass is 1830 g/mol. The lowest BCUT2D eigenvalue weighted by Gasteiger charge is -2.27. The van der Waals surface area contributed by atoms with Crippen LogP contribution in [-0.4, -0.2) is 246 Å². The van der Waals surface area contributed by atoms with E-state index in [1.807, 2.05) is 202 Å². The van der Waals surface area contributed by atoms with Crippen LogP contribution in [0.15, 0.2) is 97.6 Å². The molecule has 3 fully saturated rings. The fourth-order valence-electron chi connectivity index (χ4n) is 11.5. The normalized spacial score (nSPS) is 16.2. The number of hydrogen-bond acceptors (Lipinski definition) is 27. The maximum Gasteiger partial charge on any atom is 0.311 e. The third-order valence-electron chi connectivity index (χ3n) is 22.4. The van der Waals surface area contributed by atoms with Crippen LogP contribution < -0.4 is 31.9 Å². The summed E-state index contributed by atoms with van der Waals surface area (Å²) in [5.41, 5.74) is 12.9. The number of carbonyl (C=O) groups excluding carboxylic acids is 5. The molecule has 7 aromatic rings. The van der Waals surface area contributed by atoms with E-state index in [0.29, 0.717) is 108 Å². The lowest BCUT2D eigenvalue weighted by molar-refractivity contribution is -0.870. The van der Waals surface area contributed by atoms with Gasteiger partial charge in [-0.1, -0.05) is 140 Å². The van der Waals surface area contributed by atoms with Crippen molar-refractivity contribution >= 4 is 58.5 Å². The summed E-state index contributed by atoms with van der Waals surface area (Å²) in [6.45, 7) is 37.2. The van der Waals surface area contributed by atoms with Gasteiger partial charge in [0.25, 0.3) is 7.82 Å². The van der Waals surface area contributed by atoms with E-state index in [0.717, 1.165) is 154 Å². The highest BCUT2D eigenvalue weighted by molar-refractivity contribution is 8.00. The van der Waals surface area contributed by atoms with Crippen molar-refractivity contribution in [3.05, 3.63) is 126 Å². The van der Waals surface area contributed by atoms with E-state index in [1.165, 1.54) is 0 Å². The summed E-state index contributed by atoms with van der Waals surface area (Å²) in [4.78, 5) is 73.2. The number of aromatic nitrogens is 12. The molecule has 7 heterocycles. The smallest absolute Gasteiger partial charge is 0.311 e. The Hall–Kier alpha value is -8.82. The second-order valence-electron chi connectivity index (χ2n) is 35.6. The van der Waals surface area contributed by atoms with Crippen molar-refractivity contribution in [2.75, 3.05) is 131 Å². The van der Waals surface area contributed by atoms with Gasteiger partial charge in [0.15, 0.2) is 12.6 Å². The molecule has 0 spiro atoms. The van der Waals surface area contributed by atoms with Crippen LogP contribution in [0.2, 0.25) is 0 Å². The van der Waals surface area contributed by atoms with Crippen molar-refractivity contribution in [3.63, 3.8) is 0 Å². The number of phosphoric ester groups is 1. The van der Waals surface area contributed by atoms with Crippen LogP contribution in [0.1, 0.15) is 196 Å². The van der Waals surface area contributed by atoms with E-state index in [2.05, 4.69) is 77.8 Å². The van der Waals surface area contributed by atoms with Gasteiger partial charge in [-0.25, -0.2) is 18.7 Å². The summed E-state index contributed by atoms with van der Waals surface area (Å²) in [7, 11) is -0.425. The first-order chi connectivity index (χ1) is 60.7. The number of carbonyl (C=O) groups is 5. The summed E-state index contributed by atoms with van der Waals surface area (Å²) in [5, 5.41) is 45.0. The summed E-state index contributed by atoms with van der Waals surface area (Å²) >= 11 is 0. The standard InChI is InChI=1S/C21H30N4O3.C20H28N4O3.C18H33N5O3S.C18H27N5O2.C13H28NO6P/c1-4-21(2,3)20(26)22-13-16-8-10-18(11-9-16)25-14-17(23-24-25)15-28-19-7-5-6-12-27-19;1-3-15(2)20(25)21-12-16-7-9-18(10-8-16)24-13-17(22-23-24)14-27-19-6-4-5-11-26-19;1-5-18(2,3)17(24)19-6-10-26-11-7-23-15-16(20-21-23)14-22-8-12-27(4,25)13-9-22;1-4-18(2,3)17(24)20-9-11-25-12-10-23-13-16(21-22-23)14-5-7-15(19)8-6-14;1-7-13(2,3)12(15)18-10-11-20-21(16,17)19-9-8-14(4,5)6/h8-11,14,19H,4-7,12-13,15H2,1-3H3,(H,22,26);7-10,13,15,19H,3-6,11-12,14H2,1-2H3,(H,21,25);15H,4-14H2,1-3H3,(H,19,24);5-8,13H,4,9-12,19H2,1-3H3,(H,20,24);7-11H2,1-6H3. The fourth-order valence-corrected chi connectivity index (χ4v) is 13.5. The molecule has 0 saturated carbocycles. The van der Waals surface area contributed by atoms with Gasteiger partial charge in [-0.15, -0.1) is 20.4 Å². The number of nitrogens with two attached hydrogens (primary N) is 1. The zero-order valence-corrected chi connectivity index (χ0v) is 80.6. The van der Waals surface area contributed by atoms with Gasteiger partial charge in [0.1, 0.15) is 36.8 Å². The first kappa shape index (κ1) is 108. The van der Waals surface area contributed by atoms with Crippen LogP contribution in [-0.2, 0) is 126 Å². The molecule has 38 heteroatoms. The summed E-state index contributed by atoms with van der Waals surface area (Å²) in [6, 6.07) is 23.3. The number of nitrogen functional groups attached to an aromatic ring is 1. The fraction of sp³-hybridized carbons (Fsp3) is 0.644. The van der Waals surface area contributed by atoms with Crippen LogP contribution in [0.25, 0.3) is 22.6 Å². The van der Waals surface area contributed by atoms with Crippen LogP contribution in [0.5, 0.6) is 0 Å². The molecule has 0 bridgehead atoms. The van der Waals surface area contributed by atoms with Gasteiger partial charge in [-0.3, -0.25) is 37.6 Å². The first-order valence-electron chi connectivity index (χ1n) is 44.7. The van der Waals surface area contributed by atoms with Crippen molar-refractivity contribution in [2.24, 2.45) is 27.6 Å². The third-order valence-corrected chi connectivity index (χ3v) is 25.2. The Balaban J connectivity index is 0.000000248. The summed E-state index contributed by atoms with van der Waals surface area (Å²) in [6.07, 6.45) is 17.5. The molecule has 6 N–H and O–H groups in total. The molecule has 3 aromatic carbocycles. The molecular formula is C90H146N19O17PS. The Morgan fingerprint density at radius 3 is 1.48 bits per heavy atom. The molecule has 3 aliphatic rings. The average molecular weight is 1830 g/mol. The summed E-state index contributed by atoms with van der Waals surface area (Å²) < 4.78 is 78.9. The molecule has 4 aromatic heterocycles. The highest BCUT2D eigenvalue weighted by Gasteiger charge is 2.30. The number of rotatable bonds is 45. The van der Waals surface area contributed by atoms with E-state index in [1.54, 1.807) is 32.6 Å². The van der Waals surface area contributed by atoms with Gasteiger partial charge in [0.2, 0.25) is 23.6 Å². The third kappa shape index (κ3) is 40.7. The number of nitrogens with one attached hydrogen (secondary N) is 4. The first-order valence-corrected chi connectivity index (χ1v) is 48.2. The predicted molar refractivity (Wildman–Crippen MR) is 490 cm³/mol. The maximum absolute atomic E-state index is 12.2. The van der Waals surface area contributed by atoms with Gasteiger partial charge in [0.05, 0.1) is 122 Å². The molecule has 4 unspecified atom stereocenters. The van der Waals surface area contributed by atoms with E-state index in [4.69, 9.17) is 43.4 Å². The minimum absolute atomic E-state index is 0.0408. The second kappa shape index (κ2) is 54.1. The van der Waals surface area contributed by atoms with Crippen LogP contribution >= 0.6 is 7.82 Å². The van der Waals surface area contributed by atoms with Crippen LogP contribution in [0, 0.1) is 27.6 Å². The number of anilines is 1. The number of nitrogens with zero attached hydrogens (tertiary/aromatic N) is 14. The van der Waals surface area contributed by atoms with Gasteiger partial charge < -0.3 is 78.6 Å². The van der Waals surface area contributed by atoms with Crippen LogP contribution in [0.4, 0.5) is 5.69 Å². The van der Waals surface area contributed by atoms with Crippen molar-refractivity contribution in [1.82, 2.24) is 86.1 Å². The van der Waals surface area contributed by atoms with Gasteiger partial charge >= 0.3 is 5.97 Å². The highest BCUT2D eigenvalue weighted by atomic mass is 32.2. The lowest BCUT2D eigenvalue weighted by atomic mass is 9.89. The number of esters is 1. The predicted octanol–water partition coefficient (Wildman–Crippen LogP) is 9.98. The number of likely N-dealkylation sites (N-methyl/N-ethyl adjacent to an activating group) is 1. The Labute approximate surface area is 757 Å². The minimum Gasteiger partial charge on any atom is -0.756 e. The molecule has 714 valence electrons. The molecule has 10 rings (SSSR count). The van der Waals surface area contributed by atoms with Crippen molar-refractivity contribution in [2.45, 2.75) is 226 Å². The molecular weight excluding hydrogens is 1680 g/mol. The molecule has 36 nitrogen and oxygen atoms in total. The molecule has 0 radical (unpaired) electrons. The number of ether oxygens (including phenoxy) is 7.